The van der Waals surface area contributed by atoms with Crippen LogP contribution < -0.4 is 20.3 Å². The van der Waals surface area contributed by atoms with Gasteiger partial charge in [-0.15, -0.1) is 0 Å². The fourth-order valence-electron chi connectivity index (χ4n) is 3.93. The van der Waals surface area contributed by atoms with E-state index in [0.29, 0.717) is 22.7 Å². The smallest absolute Gasteiger partial charge is 0.329 e. The van der Waals surface area contributed by atoms with Gasteiger partial charge >= 0.3 is 6.03 Å². The van der Waals surface area contributed by atoms with Gasteiger partial charge in [-0.25, -0.2) is 14.1 Å². The van der Waals surface area contributed by atoms with Crippen LogP contribution in [0.2, 0.25) is 0 Å². The summed E-state index contributed by atoms with van der Waals surface area (Å²) in [6.07, 6.45) is 3.51. The van der Waals surface area contributed by atoms with Gasteiger partial charge in [0.1, 0.15) is 23.8 Å². The molecule has 2 saturated heterocycles. The molecule has 2 aliphatic rings. The minimum atomic E-state index is -0.706. The summed E-state index contributed by atoms with van der Waals surface area (Å²) in [7, 11) is 1.54. The number of carbonyl (C=O) groups excluding carboxylic acids is 3. The van der Waals surface area contributed by atoms with Crippen molar-refractivity contribution in [1.29, 1.82) is 0 Å². The molecule has 2 aromatic carbocycles. The summed E-state index contributed by atoms with van der Waals surface area (Å²) in [5.74, 6) is -0.908. The predicted molar refractivity (Wildman–Crippen MR) is 122 cm³/mol. The average Bonchev–Trinajstić information content (AvgIpc) is 3.41. The Balaban J connectivity index is 1.46. The molecule has 8 nitrogen and oxygen atoms in total. The third-order valence-corrected chi connectivity index (χ3v) is 5.72. The van der Waals surface area contributed by atoms with E-state index < -0.39 is 24.4 Å². The topological polar surface area (TPSA) is 91.0 Å². The summed E-state index contributed by atoms with van der Waals surface area (Å²) in [6.45, 7) is 3.01. The highest BCUT2D eigenvalue weighted by Crippen LogP contribution is 2.28. The highest BCUT2D eigenvalue weighted by Gasteiger charge is 2.35. The highest BCUT2D eigenvalue weighted by atomic mass is 19.1. The van der Waals surface area contributed by atoms with Crippen LogP contribution in [0.3, 0.4) is 0 Å². The molecule has 4 rings (SSSR count). The van der Waals surface area contributed by atoms with Crippen LogP contribution >= 0.6 is 0 Å². The molecule has 172 valence electrons. The maximum Gasteiger partial charge on any atom is 0.329 e. The first-order valence-electron chi connectivity index (χ1n) is 10.7. The molecule has 9 heteroatoms. The molecule has 4 amide bonds. The third kappa shape index (κ3) is 4.82. The maximum atomic E-state index is 14.7. The standard InChI is InChI=1S/C24H25FN4O4/c1-15-11-21(28-9-3-4-10-28)19(25)12-16(15)13-20-23(31)29(24(32)27-20)14-22(30)26-17-5-7-18(33-2)8-6-17/h5-8,11-13H,3-4,9-10,14H2,1-2H3,(H,26,30)(H,27,32)/b20-13-. The molecule has 0 atom stereocenters. The van der Waals surface area contributed by atoms with Crippen LogP contribution in [0.1, 0.15) is 24.0 Å². The van der Waals surface area contributed by atoms with E-state index in [4.69, 9.17) is 4.74 Å². The number of anilines is 2. The summed E-state index contributed by atoms with van der Waals surface area (Å²) < 4.78 is 19.8. The minimum absolute atomic E-state index is 0.00586. The molecule has 0 aliphatic carbocycles. The molecule has 0 unspecified atom stereocenters. The number of nitrogens with zero attached hydrogens (tertiary/aromatic N) is 2. The second-order valence-corrected chi connectivity index (χ2v) is 8.01. The number of nitrogens with one attached hydrogen (secondary N) is 2. The number of hydrogen-bond acceptors (Lipinski definition) is 5. The molecule has 2 aliphatic heterocycles. The zero-order chi connectivity index (χ0) is 23.5. The summed E-state index contributed by atoms with van der Waals surface area (Å²) in [4.78, 5) is 40.2. The van der Waals surface area contributed by atoms with E-state index in [1.165, 1.54) is 19.3 Å². The normalized spacial score (nSPS) is 17.0. The van der Waals surface area contributed by atoms with E-state index in [9.17, 15) is 18.8 Å². The minimum Gasteiger partial charge on any atom is -0.497 e. The van der Waals surface area contributed by atoms with Crippen LogP contribution in [-0.4, -0.2) is 49.5 Å². The first-order chi connectivity index (χ1) is 15.9. The number of hydrogen-bond donors (Lipinski definition) is 2. The molecule has 0 spiro atoms. The Morgan fingerprint density at radius 1 is 1.18 bits per heavy atom. The first-order valence-corrected chi connectivity index (χ1v) is 10.7. The number of ether oxygens (including phenoxy) is 1. The van der Waals surface area contributed by atoms with Crippen molar-refractivity contribution in [3.05, 3.63) is 59.0 Å². The van der Waals surface area contributed by atoms with Crippen LogP contribution in [0.4, 0.5) is 20.6 Å². The van der Waals surface area contributed by atoms with Gasteiger partial charge in [0, 0.05) is 18.8 Å². The zero-order valence-corrected chi connectivity index (χ0v) is 18.5. The molecule has 2 heterocycles. The first kappa shape index (κ1) is 22.3. The van der Waals surface area contributed by atoms with Crippen LogP contribution in [0.25, 0.3) is 6.08 Å². The zero-order valence-electron chi connectivity index (χ0n) is 18.5. The molecule has 0 aromatic heterocycles. The van der Waals surface area contributed by atoms with Crippen molar-refractivity contribution < 1.29 is 23.5 Å². The summed E-state index contributed by atoms with van der Waals surface area (Å²) in [6, 6.07) is 9.08. The van der Waals surface area contributed by atoms with Gasteiger partial charge in [-0.2, -0.15) is 0 Å². The number of urea groups is 1. The van der Waals surface area contributed by atoms with Gasteiger partial charge in [-0.1, -0.05) is 0 Å². The van der Waals surface area contributed by atoms with Gasteiger partial charge in [-0.3, -0.25) is 9.59 Å². The largest absolute Gasteiger partial charge is 0.497 e. The summed E-state index contributed by atoms with van der Waals surface area (Å²) >= 11 is 0. The Bertz CT molecular complexity index is 1120. The number of imide groups is 1. The quantitative estimate of drug-likeness (QED) is 0.519. The van der Waals surface area contributed by atoms with Crippen molar-refractivity contribution in [2.24, 2.45) is 0 Å². The van der Waals surface area contributed by atoms with Gasteiger partial charge in [0.05, 0.1) is 12.8 Å². The van der Waals surface area contributed by atoms with E-state index >= 15 is 0 Å². The van der Waals surface area contributed by atoms with Crippen molar-refractivity contribution in [1.82, 2.24) is 10.2 Å². The van der Waals surface area contributed by atoms with Gasteiger partial charge < -0.3 is 20.3 Å². The number of carbonyl (C=O) groups is 3. The molecule has 2 N–H and O–H groups in total. The summed E-state index contributed by atoms with van der Waals surface area (Å²) in [5.41, 5.74) is 2.32. The van der Waals surface area contributed by atoms with E-state index in [1.54, 1.807) is 30.3 Å². The Labute approximate surface area is 191 Å². The SMILES string of the molecule is COc1ccc(NC(=O)CN2C(=O)N/C(=C\c3cc(F)c(N4CCCC4)cc3C)C2=O)cc1. The lowest BCUT2D eigenvalue weighted by atomic mass is 10.1. The maximum absolute atomic E-state index is 14.7. The van der Waals surface area contributed by atoms with Crippen molar-refractivity contribution >= 4 is 35.3 Å². The highest BCUT2D eigenvalue weighted by molar-refractivity contribution is 6.16. The monoisotopic (exact) mass is 452 g/mol. The van der Waals surface area contributed by atoms with E-state index in [1.807, 2.05) is 11.8 Å². The molecule has 33 heavy (non-hydrogen) atoms. The third-order valence-electron chi connectivity index (χ3n) is 5.72. The molecular weight excluding hydrogens is 427 g/mol. The van der Waals surface area contributed by atoms with Crippen molar-refractivity contribution in [2.75, 3.05) is 37.0 Å². The Kier molecular flexibility index (Phi) is 6.30. The Hall–Kier alpha value is -3.88. The lowest BCUT2D eigenvalue weighted by molar-refractivity contribution is -0.127. The van der Waals surface area contributed by atoms with Crippen LogP contribution in [-0.2, 0) is 9.59 Å². The van der Waals surface area contributed by atoms with E-state index in [-0.39, 0.29) is 11.5 Å². The number of aryl methyl sites for hydroxylation is 1. The van der Waals surface area contributed by atoms with Gasteiger partial charge in [0.2, 0.25) is 5.91 Å². The Morgan fingerprint density at radius 2 is 1.88 bits per heavy atom. The van der Waals surface area contributed by atoms with Crippen molar-refractivity contribution in [3.63, 3.8) is 0 Å². The van der Waals surface area contributed by atoms with Crippen LogP contribution in [0.15, 0.2) is 42.1 Å². The van der Waals surface area contributed by atoms with E-state index in [0.717, 1.165) is 36.4 Å². The van der Waals surface area contributed by atoms with Gasteiger partial charge in [-0.05, 0) is 73.4 Å². The lowest BCUT2D eigenvalue weighted by Gasteiger charge is -2.19. The number of methoxy groups -OCH3 is 1. The number of benzene rings is 2. The van der Waals surface area contributed by atoms with Gasteiger partial charge in [0.25, 0.3) is 5.91 Å². The second-order valence-electron chi connectivity index (χ2n) is 8.01. The molecule has 0 saturated carbocycles. The number of rotatable bonds is 6. The van der Waals surface area contributed by atoms with E-state index in [2.05, 4.69) is 10.6 Å². The van der Waals surface area contributed by atoms with Crippen molar-refractivity contribution in [3.8, 4) is 5.75 Å². The predicted octanol–water partition coefficient (Wildman–Crippen LogP) is 3.27. The molecule has 0 radical (unpaired) electrons. The average molecular weight is 452 g/mol. The van der Waals surface area contributed by atoms with Crippen LogP contribution in [0.5, 0.6) is 5.75 Å². The summed E-state index contributed by atoms with van der Waals surface area (Å²) in [5, 5.41) is 5.11. The van der Waals surface area contributed by atoms with Crippen molar-refractivity contribution in [2.45, 2.75) is 19.8 Å². The molecule has 2 aromatic rings. The Morgan fingerprint density at radius 3 is 2.55 bits per heavy atom. The molecular formula is C24H25FN4O4. The van der Waals surface area contributed by atoms with Crippen LogP contribution in [0, 0.1) is 12.7 Å². The van der Waals surface area contributed by atoms with Gasteiger partial charge in [0.15, 0.2) is 0 Å². The number of halogens is 1. The number of amides is 4. The molecule has 2 fully saturated rings. The molecule has 0 bridgehead atoms. The second kappa shape index (κ2) is 9.32. The fourth-order valence-corrected chi connectivity index (χ4v) is 3.93. The fraction of sp³-hybridized carbons (Fsp3) is 0.292. The lowest BCUT2D eigenvalue weighted by Crippen LogP contribution is -2.38.